The maximum atomic E-state index is 8.68. The number of nitrogens with two attached hydrogens (primary N) is 1. The first-order valence-electron chi connectivity index (χ1n) is 8.02. The Balaban J connectivity index is 1.56. The van der Waals surface area contributed by atoms with Gasteiger partial charge in [0.15, 0.2) is 9.03 Å². The minimum absolute atomic E-state index is 0.0237. The van der Waals surface area contributed by atoms with Crippen LogP contribution >= 0.6 is 9.03 Å². The van der Waals surface area contributed by atoms with Gasteiger partial charge in [0.25, 0.3) is 0 Å². The summed E-state index contributed by atoms with van der Waals surface area (Å²) in [7, 11) is -0.0266. The van der Waals surface area contributed by atoms with Crippen LogP contribution in [0.3, 0.4) is 0 Å². The maximum Gasteiger partial charge on any atom is 0.155 e. The van der Waals surface area contributed by atoms with E-state index < -0.39 is 0 Å². The largest absolute Gasteiger partial charge is 0.396 e. The molecule has 0 aromatic carbocycles. The SMILES string of the molecule is CC1CC(COPOCCCO)OC1n1ccc2c(N)ncnc21. The summed E-state index contributed by atoms with van der Waals surface area (Å²) >= 11 is 0. The Bertz CT molecular complexity index is 668. The second kappa shape index (κ2) is 8.18. The van der Waals surface area contributed by atoms with Crippen molar-refractivity contribution in [2.75, 3.05) is 25.6 Å². The number of nitrogen functional groups attached to an aromatic ring is 1. The number of nitrogens with zero attached hydrogens (tertiary/aromatic N) is 3. The lowest BCUT2D eigenvalue weighted by molar-refractivity contribution is -0.0244. The van der Waals surface area contributed by atoms with E-state index in [0.29, 0.717) is 31.4 Å². The molecule has 24 heavy (non-hydrogen) atoms. The summed E-state index contributed by atoms with van der Waals surface area (Å²) in [5.74, 6) is 0.814. The van der Waals surface area contributed by atoms with Gasteiger partial charge in [-0.05, 0) is 18.9 Å². The monoisotopic (exact) mass is 354 g/mol. The van der Waals surface area contributed by atoms with E-state index in [1.165, 1.54) is 6.33 Å². The van der Waals surface area contributed by atoms with Crippen LogP contribution in [0.5, 0.6) is 0 Å². The zero-order chi connectivity index (χ0) is 16.9. The van der Waals surface area contributed by atoms with Gasteiger partial charge in [0.2, 0.25) is 0 Å². The van der Waals surface area contributed by atoms with Gasteiger partial charge in [-0.1, -0.05) is 6.92 Å². The number of aliphatic hydroxyl groups is 1. The Hall–Kier alpha value is -1.31. The molecule has 1 aliphatic rings. The fraction of sp³-hybridized carbons (Fsp3) is 0.600. The number of anilines is 1. The molecule has 0 radical (unpaired) electrons. The highest BCUT2D eigenvalue weighted by molar-refractivity contribution is 7.26. The van der Waals surface area contributed by atoms with Crippen LogP contribution in [0.2, 0.25) is 0 Å². The van der Waals surface area contributed by atoms with Gasteiger partial charge in [0, 0.05) is 18.7 Å². The van der Waals surface area contributed by atoms with Gasteiger partial charge >= 0.3 is 0 Å². The molecule has 2 aromatic heterocycles. The third-order valence-corrected chi connectivity index (χ3v) is 4.67. The van der Waals surface area contributed by atoms with Crippen LogP contribution in [-0.4, -0.2) is 45.6 Å². The van der Waals surface area contributed by atoms with Crippen LogP contribution in [0.4, 0.5) is 5.82 Å². The lowest BCUT2D eigenvalue weighted by Gasteiger charge is -2.18. The van der Waals surface area contributed by atoms with E-state index in [0.717, 1.165) is 17.5 Å². The number of hydrogen-bond acceptors (Lipinski definition) is 7. The quantitative estimate of drug-likeness (QED) is 0.551. The van der Waals surface area contributed by atoms with Crippen LogP contribution in [0, 0.1) is 5.92 Å². The van der Waals surface area contributed by atoms with E-state index >= 15 is 0 Å². The molecule has 2 aromatic rings. The zero-order valence-electron chi connectivity index (χ0n) is 13.6. The van der Waals surface area contributed by atoms with Gasteiger partial charge in [-0.3, -0.25) is 0 Å². The lowest BCUT2D eigenvalue weighted by atomic mass is 10.1. The van der Waals surface area contributed by atoms with Crippen molar-refractivity contribution in [2.24, 2.45) is 5.92 Å². The minimum atomic E-state index is -0.0935. The molecule has 0 aliphatic carbocycles. The summed E-state index contributed by atoms with van der Waals surface area (Å²) in [5.41, 5.74) is 6.68. The summed E-state index contributed by atoms with van der Waals surface area (Å²) < 4.78 is 19.0. The average molecular weight is 354 g/mol. The van der Waals surface area contributed by atoms with E-state index in [-0.39, 0.29) is 28.0 Å². The van der Waals surface area contributed by atoms with Crippen molar-refractivity contribution in [2.45, 2.75) is 32.1 Å². The highest BCUT2D eigenvalue weighted by atomic mass is 31.1. The third kappa shape index (κ3) is 3.84. The Labute approximate surface area is 142 Å². The molecule has 0 amide bonds. The van der Waals surface area contributed by atoms with Crippen molar-refractivity contribution in [3.8, 4) is 0 Å². The molecular formula is C15H23N4O4P. The molecular weight excluding hydrogens is 331 g/mol. The van der Waals surface area contributed by atoms with Crippen molar-refractivity contribution in [1.82, 2.24) is 14.5 Å². The number of hydrogen-bond donors (Lipinski definition) is 2. The molecule has 132 valence electrons. The average Bonchev–Trinajstić information content (AvgIpc) is 3.15. The van der Waals surface area contributed by atoms with Gasteiger partial charge in [0.1, 0.15) is 24.0 Å². The Kier molecular flexibility index (Phi) is 5.97. The fourth-order valence-corrected chi connectivity index (χ4v) is 3.47. The van der Waals surface area contributed by atoms with Gasteiger partial charge in [0.05, 0.1) is 24.7 Å². The standard InChI is InChI=1S/C15H23N4O4P/c1-10-7-11(8-22-24-21-6-2-5-20)23-15(10)19-4-3-12-13(16)17-9-18-14(12)19/h3-4,9-11,15,20,24H,2,5-8H2,1H3,(H2,16,17,18). The number of aromatic nitrogens is 3. The number of rotatable bonds is 8. The molecule has 4 atom stereocenters. The highest BCUT2D eigenvalue weighted by Gasteiger charge is 2.34. The fourth-order valence-electron chi connectivity index (χ4n) is 2.91. The predicted octanol–water partition coefficient (Wildman–Crippen LogP) is 1.86. The first-order chi connectivity index (χ1) is 11.7. The predicted molar refractivity (Wildman–Crippen MR) is 91.6 cm³/mol. The smallest absolute Gasteiger partial charge is 0.155 e. The van der Waals surface area contributed by atoms with Crippen molar-refractivity contribution in [1.29, 1.82) is 0 Å². The molecule has 3 heterocycles. The van der Waals surface area contributed by atoms with Gasteiger partial charge in [-0.25, -0.2) is 9.97 Å². The molecule has 0 saturated carbocycles. The summed E-state index contributed by atoms with van der Waals surface area (Å²) in [6, 6.07) is 1.92. The zero-order valence-corrected chi connectivity index (χ0v) is 14.6. The summed E-state index contributed by atoms with van der Waals surface area (Å²) in [6.45, 7) is 3.29. The Morgan fingerprint density at radius 1 is 1.46 bits per heavy atom. The topological polar surface area (TPSA) is 105 Å². The van der Waals surface area contributed by atoms with Crippen molar-refractivity contribution in [3.63, 3.8) is 0 Å². The Morgan fingerprint density at radius 2 is 2.33 bits per heavy atom. The van der Waals surface area contributed by atoms with Gasteiger partial charge < -0.3 is 29.2 Å². The molecule has 0 bridgehead atoms. The van der Waals surface area contributed by atoms with Crippen molar-refractivity contribution in [3.05, 3.63) is 18.6 Å². The van der Waals surface area contributed by atoms with Crippen LogP contribution in [-0.2, 0) is 13.8 Å². The summed E-state index contributed by atoms with van der Waals surface area (Å²) in [5, 5.41) is 9.52. The number of fused-ring (bicyclic) bond motifs is 1. The molecule has 1 saturated heterocycles. The molecule has 1 aliphatic heterocycles. The van der Waals surface area contributed by atoms with Gasteiger partial charge in [-0.2, -0.15) is 0 Å². The number of aliphatic hydroxyl groups excluding tert-OH is 1. The van der Waals surface area contributed by atoms with Crippen LogP contribution in [0.15, 0.2) is 18.6 Å². The summed E-state index contributed by atoms with van der Waals surface area (Å²) in [4.78, 5) is 8.35. The van der Waals surface area contributed by atoms with E-state index in [1.54, 1.807) is 0 Å². The van der Waals surface area contributed by atoms with E-state index in [4.69, 9.17) is 24.6 Å². The van der Waals surface area contributed by atoms with Gasteiger partial charge in [-0.15, -0.1) is 0 Å². The minimum Gasteiger partial charge on any atom is -0.396 e. The molecule has 9 heteroatoms. The lowest BCUT2D eigenvalue weighted by Crippen LogP contribution is -2.16. The van der Waals surface area contributed by atoms with Crippen LogP contribution in [0.25, 0.3) is 11.0 Å². The second-order valence-electron chi connectivity index (χ2n) is 5.90. The summed E-state index contributed by atoms with van der Waals surface area (Å²) in [6.07, 6.45) is 4.88. The third-order valence-electron chi connectivity index (χ3n) is 4.06. The molecule has 1 fully saturated rings. The molecule has 4 unspecified atom stereocenters. The Morgan fingerprint density at radius 3 is 3.17 bits per heavy atom. The van der Waals surface area contributed by atoms with Crippen molar-refractivity contribution < 1.29 is 18.9 Å². The molecule has 3 N–H and O–H groups in total. The first kappa shape index (κ1) is 17.5. The van der Waals surface area contributed by atoms with E-state index in [1.807, 2.05) is 16.8 Å². The van der Waals surface area contributed by atoms with E-state index in [9.17, 15) is 0 Å². The van der Waals surface area contributed by atoms with Crippen molar-refractivity contribution >= 4 is 25.9 Å². The molecule has 3 rings (SSSR count). The molecule has 0 spiro atoms. The second-order valence-corrected chi connectivity index (χ2v) is 6.64. The van der Waals surface area contributed by atoms with Crippen LogP contribution in [0.1, 0.15) is 26.0 Å². The van der Waals surface area contributed by atoms with Crippen LogP contribution < -0.4 is 5.73 Å². The highest BCUT2D eigenvalue weighted by Crippen LogP contribution is 2.37. The van der Waals surface area contributed by atoms with E-state index in [2.05, 4.69) is 16.9 Å². The normalized spacial score (nSPS) is 24.5. The first-order valence-corrected chi connectivity index (χ1v) is 8.84. The maximum absolute atomic E-state index is 8.68. The molecule has 8 nitrogen and oxygen atoms in total. The number of ether oxygens (including phenoxy) is 1.